The number of nitrogens with one attached hydrogen (secondary N) is 2. The molecule has 0 spiro atoms. The fourth-order valence-electron chi connectivity index (χ4n) is 4.62. The molecule has 1 saturated heterocycles. The van der Waals surface area contributed by atoms with Gasteiger partial charge in [-0.2, -0.15) is 4.98 Å². The number of amides is 1. The van der Waals surface area contributed by atoms with E-state index in [9.17, 15) is 13.6 Å². The molecule has 4 N–H and O–H groups in total. The Morgan fingerprint density at radius 2 is 1.97 bits per heavy atom. The highest BCUT2D eigenvalue weighted by Crippen LogP contribution is 2.38. The quantitative estimate of drug-likeness (QED) is 0.478. The van der Waals surface area contributed by atoms with Gasteiger partial charge in [0.05, 0.1) is 29.6 Å². The number of fused-ring (bicyclic) bond motifs is 1. The van der Waals surface area contributed by atoms with E-state index in [-0.39, 0.29) is 34.6 Å². The van der Waals surface area contributed by atoms with Crippen LogP contribution < -0.4 is 16.4 Å². The summed E-state index contributed by atoms with van der Waals surface area (Å²) in [5.74, 6) is -1.35. The number of anilines is 3. The number of hydrogen-bond donors (Lipinski definition) is 3. The van der Waals surface area contributed by atoms with Gasteiger partial charge < -0.3 is 21.1 Å². The van der Waals surface area contributed by atoms with Gasteiger partial charge in [0, 0.05) is 24.6 Å². The Morgan fingerprint density at radius 1 is 1.18 bits per heavy atom. The van der Waals surface area contributed by atoms with E-state index in [1.165, 1.54) is 0 Å². The Balaban J connectivity index is 1.54. The van der Waals surface area contributed by atoms with E-state index in [4.69, 9.17) is 27.1 Å². The molecule has 1 aromatic carbocycles. The Hall–Kier alpha value is -3.05. The molecule has 3 heterocycles. The number of nitrogens with zero attached hydrogens (tertiary/aromatic N) is 4. The van der Waals surface area contributed by atoms with Gasteiger partial charge in [0.2, 0.25) is 17.8 Å². The Morgan fingerprint density at radius 3 is 2.65 bits per heavy atom. The van der Waals surface area contributed by atoms with Crippen molar-refractivity contribution in [2.45, 2.75) is 44.2 Å². The third-order valence-corrected chi connectivity index (χ3v) is 6.70. The first-order valence-corrected chi connectivity index (χ1v) is 11.6. The number of hydrogen-bond acceptors (Lipinski definition) is 7. The van der Waals surface area contributed by atoms with Gasteiger partial charge in [0.25, 0.3) is 0 Å². The molecule has 180 valence electrons. The first-order chi connectivity index (χ1) is 16.4. The maximum atomic E-state index is 14.5. The van der Waals surface area contributed by atoms with Crippen LogP contribution in [0.2, 0.25) is 5.02 Å². The summed E-state index contributed by atoms with van der Waals surface area (Å²) < 4.78 is 35.4. The minimum absolute atomic E-state index is 0.0667. The van der Waals surface area contributed by atoms with Gasteiger partial charge in [-0.25, -0.2) is 18.7 Å². The number of primary amides is 1. The maximum absolute atomic E-state index is 14.5. The van der Waals surface area contributed by atoms with Crippen LogP contribution in [0.25, 0.3) is 11.2 Å². The molecular formula is C22H24ClF2N7O2. The number of nitrogens with two attached hydrogens (primary N) is 1. The van der Waals surface area contributed by atoms with Crippen LogP contribution in [0.3, 0.4) is 0 Å². The summed E-state index contributed by atoms with van der Waals surface area (Å²) >= 11 is 6.12. The molecule has 1 atom stereocenters. The van der Waals surface area contributed by atoms with Gasteiger partial charge in [-0.3, -0.25) is 9.36 Å². The highest BCUT2D eigenvalue weighted by atomic mass is 35.5. The fraction of sp³-hybridized carbons (Fsp3) is 0.455. The van der Waals surface area contributed by atoms with Crippen molar-refractivity contribution in [2.24, 2.45) is 11.7 Å². The van der Waals surface area contributed by atoms with Gasteiger partial charge in [-0.05, 0) is 38.2 Å². The van der Waals surface area contributed by atoms with Crippen LogP contribution in [0.1, 0.15) is 38.1 Å². The van der Waals surface area contributed by atoms with E-state index in [2.05, 4.69) is 20.6 Å². The van der Waals surface area contributed by atoms with Crippen LogP contribution in [-0.4, -0.2) is 44.7 Å². The van der Waals surface area contributed by atoms with Gasteiger partial charge in [0.1, 0.15) is 11.3 Å². The zero-order chi connectivity index (χ0) is 23.8. The summed E-state index contributed by atoms with van der Waals surface area (Å²) in [5.41, 5.74) is 6.48. The third kappa shape index (κ3) is 4.49. The predicted molar refractivity (Wildman–Crippen MR) is 123 cm³/mol. The summed E-state index contributed by atoms with van der Waals surface area (Å²) in [6.45, 7) is 1.26. The van der Waals surface area contributed by atoms with Gasteiger partial charge >= 0.3 is 0 Å². The number of carbonyl (C=O) groups excluding carboxylic acids is 1. The van der Waals surface area contributed by atoms with Crippen LogP contribution in [0, 0.1) is 17.6 Å². The van der Waals surface area contributed by atoms with Gasteiger partial charge in [-0.1, -0.05) is 11.6 Å². The van der Waals surface area contributed by atoms with E-state index in [1.54, 1.807) is 6.20 Å². The third-order valence-electron chi connectivity index (χ3n) is 6.40. The van der Waals surface area contributed by atoms with Gasteiger partial charge in [0.15, 0.2) is 11.5 Å². The topological polar surface area (TPSA) is 120 Å². The number of aromatic nitrogens is 4. The molecule has 12 heteroatoms. The summed E-state index contributed by atoms with van der Waals surface area (Å²) in [6.07, 6.45) is 5.03. The molecule has 34 heavy (non-hydrogen) atoms. The van der Waals surface area contributed by atoms with E-state index in [1.807, 2.05) is 4.57 Å². The highest BCUT2D eigenvalue weighted by molar-refractivity contribution is 6.33. The monoisotopic (exact) mass is 491 g/mol. The second-order valence-electron chi connectivity index (χ2n) is 8.69. The van der Waals surface area contributed by atoms with Crippen molar-refractivity contribution >= 4 is 46.3 Å². The lowest BCUT2D eigenvalue weighted by Crippen LogP contribution is -2.29. The standard InChI is InChI=1S/C22H24ClF2N7O2/c23-15-7-12(24)8-16(25)18(15)30-22-29-17-9-27-21(28-13-5-6-34-10-13)31-20(17)32(22)14-3-1-11(2-4-14)19(26)33/h7-9,11,13-14H,1-6,10H2,(H2,26,33)(H,29,30)(H,27,28,31)/t11-,13-,14-/m1/s1. The smallest absolute Gasteiger partial charge is 0.225 e. The normalized spacial score (nSPS) is 22.7. The summed E-state index contributed by atoms with van der Waals surface area (Å²) in [7, 11) is 0. The molecule has 0 bridgehead atoms. The molecule has 0 unspecified atom stereocenters. The first-order valence-electron chi connectivity index (χ1n) is 11.2. The number of imidazole rings is 1. The van der Waals surface area contributed by atoms with E-state index >= 15 is 0 Å². The Kier molecular flexibility index (Phi) is 6.22. The SMILES string of the molecule is NC(=O)[C@H]1CC[C@H](n2c(Nc3c(F)cc(F)cc3Cl)nc3cnc(N[C@@H]4CCOC4)nc32)CC1. The second kappa shape index (κ2) is 9.30. The number of benzene rings is 1. The van der Waals surface area contributed by atoms with E-state index in [0.717, 1.165) is 18.6 Å². The molecule has 0 radical (unpaired) electrons. The van der Waals surface area contributed by atoms with Crippen molar-refractivity contribution in [1.29, 1.82) is 0 Å². The lowest BCUT2D eigenvalue weighted by Gasteiger charge is -2.29. The molecule has 9 nitrogen and oxygen atoms in total. The largest absolute Gasteiger partial charge is 0.379 e. The van der Waals surface area contributed by atoms with Crippen molar-refractivity contribution in [3.63, 3.8) is 0 Å². The molecule has 1 saturated carbocycles. The zero-order valence-corrected chi connectivity index (χ0v) is 19.0. The number of carbonyl (C=O) groups is 1. The number of halogens is 3. The van der Waals surface area contributed by atoms with Crippen LogP contribution in [0.5, 0.6) is 0 Å². The summed E-state index contributed by atoms with van der Waals surface area (Å²) in [5, 5.41) is 6.10. The molecule has 2 aromatic heterocycles. The van der Waals surface area contributed by atoms with Crippen molar-refractivity contribution in [3.8, 4) is 0 Å². The molecule has 2 fully saturated rings. The average Bonchev–Trinajstić information content (AvgIpc) is 3.43. The lowest BCUT2D eigenvalue weighted by molar-refractivity contribution is -0.122. The van der Waals surface area contributed by atoms with Gasteiger partial charge in [-0.15, -0.1) is 0 Å². The number of rotatable bonds is 6. The molecular weight excluding hydrogens is 468 g/mol. The van der Waals surface area contributed by atoms with Crippen molar-refractivity contribution in [2.75, 3.05) is 23.8 Å². The maximum Gasteiger partial charge on any atom is 0.225 e. The lowest BCUT2D eigenvalue weighted by atomic mass is 9.85. The van der Waals surface area contributed by atoms with Crippen LogP contribution >= 0.6 is 11.6 Å². The Bertz CT molecular complexity index is 1200. The minimum Gasteiger partial charge on any atom is -0.379 e. The molecule has 1 aliphatic carbocycles. The second-order valence-corrected chi connectivity index (χ2v) is 9.10. The average molecular weight is 492 g/mol. The highest BCUT2D eigenvalue weighted by Gasteiger charge is 2.30. The summed E-state index contributed by atoms with van der Waals surface area (Å²) in [6, 6.07) is 1.83. The fourth-order valence-corrected chi connectivity index (χ4v) is 4.86. The first kappa shape index (κ1) is 22.7. The molecule has 1 amide bonds. The van der Waals surface area contributed by atoms with Crippen molar-refractivity contribution in [1.82, 2.24) is 19.5 Å². The Labute approximate surface area is 199 Å². The molecule has 1 aliphatic heterocycles. The van der Waals surface area contributed by atoms with Crippen LogP contribution in [-0.2, 0) is 9.53 Å². The van der Waals surface area contributed by atoms with Crippen molar-refractivity contribution < 1.29 is 18.3 Å². The number of ether oxygens (including phenoxy) is 1. The van der Waals surface area contributed by atoms with Crippen LogP contribution in [0.15, 0.2) is 18.3 Å². The van der Waals surface area contributed by atoms with Crippen LogP contribution in [0.4, 0.5) is 26.4 Å². The predicted octanol–water partition coefficient (Wildman–Crippen LogP) is 3.92. The summed E-state index contributed by atoms with van der Waals surface area (Å²) in [4.78, 5) is 25.3. The molecule has 2 aliphatic rings. The van der Waals surface area contributed by atoms with E-state index < -0.39 is 11.6 Å². The molecule has 3 aromatic rings. The van der Waals surface area contributed by atoms with Crippen molar-refractivity contribution in [3.05, 3.63) is 35.0 Å². The molecule has 5 rings (SSSR count). The van der Waals surface area contributed by atoms with E-state index in [0.29, 0.717) is 62.0 Å². The zero-order valence-electron chi connectivity index (χ0n) is 18.2. The minimum atomic E-state index is -0.837.